The van der Waals surface area contributed by atoms with Crippen LogP contribution in [0.3, 0.4) is 0 Å². The lowest BCUT2D eigenvalue weighted by molar-refractivity contribution is -0.134. The molecule has 0 saturated carbocycles. The average molecular weight is 342 g/mol. The molecule has 0 aliphatic carbocycles. The molecule has 136 valence electrons. The SMILES string of the molecule is CC(C)C(NC1CCOCC1)C(=O)N1CC=C(c2ccccc2)CC1. The first kappa shape index (κ1) is 18.2. The van der Waals surface area contributed by atoms with Gasteiger partial charge >= 0.3 is 0 Å². The van der Waals surface area contributed by atoms with E-state index in [0.29, 0.717) is 12.6 Å². The zero-order chi connectivity index (χ0) is 17.6. The Hall–Kier alpha value is -1.65. The van der Waals surface area contributed by atoms with Crippen LogP contribution < -0.4 is 5.32 Å². The van der Waals surface area contributed by atoms with Gasteiger partial charge in [-0.15, -0.1) is 0 Å². The van der Waals surface area contributed by atoms with Gasteiger partial charge in [0, 0.05) is 32.3 Å². The Bertz CT molecular complexity index is 591. The van der Waals surface area contributed by atoms with Gasteiger partial charge in [-0.05, 0) is 36.3 Å². The number of carbonyl (C=O) groups is 1. The minimum Gasteiger partial charge on any atom is -0.381 e. The number of nitrogens with one attached hydrogen (secondary N) is 1. The van der Waals surface area contributed by atoms with Crippen molar-refractivity contribution in [3.63, 3.8) is 0 Å². The molecule has 2 aliphatic heterocycles. The Kier molecular flexibility index (Phi) is 6.27. The number of benzene rings is 1. The predicted molar refractivity (Wildman–Crippen MR) is 101 cm³/mol. The third-order valence-corrected chi connectivity index (χ3v) is 5.23. The zero-order valence-electron chi connectivity index (χ0n) is 15.4. The number of carbonyl (C=O) groups excluding carboxylic acids is 1. The van der Waals surface area contributed by atoms with Gasteiger partial charge in [0.2, 0.25) is 5.91 Å². The molecule has 0 aromatic heterocycles. The maximum atomic E-state index is 13.1. The summed E-state index contributed by atoms with van der Waals surface area (Å²) in [4.78, 5) is 15.1. The van der Waals surface area contributed by atoms with E-state index in [9.17, 15) is 4.79 Å². The third-order valence-electron chi connectivity index (χ3n) is 5.23. The predicted octanol–water partition coefficient (Wildman–Crippen LogP) is 3.10. The highest BCUT2D eigenvalue weighted by Gasteiger charge is 2.30. The molecule has 25 heavy (non-hydrogen) atoms. The van der Waals surface area contributed by atoms with E-state index in [0.717, 1.165) is 39.0 Å². The van der Waals surface area contributed by atoms with Crippen LogP contribution in [0.1, 0.15) is 38.7 Å². The van der Waals surface area contributed by atoms with E-state index in [2.05, 4.69) is 49.5 Å². The van der Waals surface area contributed by atoms with E-state index in [1.807, 2.05) is 11.0 Å². The molecule has 0 radical (unpaired) electrons. The van der Waals surface area contributed by atoms with Crippen LogP contribution in [-0.2, 0) is 9.53 Å². The highest BCUT2D eigenvalue weighted by molar-refractivity contribution is 5.83. The normalized spacial score (nSPS) is 20.4. The summed E-state index contributed by atoms with van der Waals surface area (Å²) >= 11 is 0. The number of hydrogen-bond acceptors (Lipinski definition) is 3. The van der Waals surface area contributed by atoms with Crippen LogP contribution in [0.2, 0.25) is 0 Å². The van der Waals surface area contributed by atoms with Gasteiger partial charge in [-0.1, -0.05) is 50.3 Å². The molecule has 2 aliphatic rings. The zero-order valence-corrected chi connectivity index (χ0v) is 15.4. The van der Waals surface area contributed by atoms with Crippen molar-refractivity contribution < 1.29 is 9.53 Å². The van der Waals surface area contributed by atoms with Crippen molar-refractivity contribution in [2.24, 2.45) is 5.92 Å². The molecule has 2 heterocycles. The fraction of sp³-hybridized carbons (Fsp3) is 0.571. The fourth-order valence-corrected chi connectivity index (χ4v) is 3.65. The van der Waals surface area contributed by atoms with E-state index in [1.54, 1.807) is 0 Å². The fourth-order valence-electron chi connectivity index (χ4n) is 3.65. The van der Waals surface area contributed by atoms with Crippen LogP contribution in [0.5, 0.6) is 0 Å². The Morgan fingerprint density at radius 3 is 2.52 bits per heavy atom. The summed E-state index contributed by atoms with van der Waals surface area (Å²) < 4.78 is 5.43. The van der Waals surface area contributed by atoms with Crippen molar-refractivity contribution in [2.45, 2.75) is 45.2 Å². The van der Waals surface area contributed by atoms with E-state index < -0.39 is 0 Å². The number of rotatable bonds is 5. The number of nitrogens with zero attached hydrogens (tertiary/aromatic N) is 1. The standard InChI is InChI=1S/C21H30N2O2/c1-16(2)20(22-19-10-14-25-15-11-19)21(24)23-12-8-18(9-13-23)17-6-4-3-5-7-17/h3-8,16,19-20,22H,9-15H2,1-2H3. The second-order valence-corrected chi connectivity index (χ2v) is 7.40. The van der Waals surface area contributed by atoms with E-state index in [4.69, 9.17) is 4.74 Å². The number of ether oxygens (including phenoxy) is 1. The molecule has 1 aromatic carbocycles. The maximum Gasteiger partial charge on any atom is 0.240 e. The van der Waals surface area contributed by atoms with Crippen LogP contribution in [0.15, 0.2) is 36.4 Å². The van der Waals surface area contributed by atoms with Crippen LogP contribution in [0.25, 0.3) is 5.57 Å². The minimum atomic E-state index is -0.102. The first-order chi connectivity index (χ1) is 12.1. The third kappa shape index (κ3) is 4.71. The molecule has 4 nitrogen and oxygen atoms in total. The summed E-state index contributed by atoms with van der Waals surface area (Å²) in [5, 5.41) is 3.60. The second kappa shape index (κ2) is 8.63. The van der Waals surface area contributed by atoms with Crippen LogP contribution in [0, 0.1) is 5.92 Å². The van der Waals surface area contributed by atoms with Crippen molar-refractivity contribution in [2.75, 3.05) is 26.3 Å². The first-order valence-corrected chi connectivity index (χ1v) is 9.52. The minimum absolute atomic E-state index is 0.102. The Balaban J connectivity index is 1.62. The summed E-state index contributed by atoms with van der Waals surface area (Å²) in [5.74, 6) is 0.527. The molecular weight excluding hydrogens is 312 g/mol. The van der Waals surface area contributed by atoms with E-state index in [1.165, 1.54) is 11.1 Å². The summed E-state index contributed by atoms with van der Waals surface area (Å²) in [6, 6.07) is 10.8. The first-order valence-electron chi connectivity index (χ1n) is 9.52. The average Bonchev–Trinajstić information content (AvgIpc) is 2.67. The summed E-state index contributed by atoms with van der Waals surface area (Å²) in [6.07, 6.45) is 5.13. The smallest absolute Gasteiger partial charge is 0.240 e. The maximum absolute atomic E-state index is 13.1. The monoisotopic (exact) mass is 342 g/mol. The highest BCUT2D eigenvalue weighted by Crippen LogP contribution is 2.23. The Morgan fingerprint density at radius 2 is 1.92 bits per heavy atom. The topological polar surface area (TPSA) is 41.6 Å². The van der Waals surface area contributed by atoms with Crippen molar-refractivity contribution >= 4 is 11.5 Å². The summed E-state index contributed by atoms with van der Waals surface area (Å²) in [6.45, 7) is 7.36. The van der Waals surface area contributed by atoms with Gasteiger partial charge in [-0.3, -0.25) is 4.79 Å². The molecule has 1 fully saturated rings. The largest absolute Gasteiger partial charge is 0.381 e. The molecule has 1 N–H and O–H groups in total. The Labute approximate surface area is 151 Å². The lowest BCUT2D eigenvalue weighted by Crippen LogP contribution is -2.54. The van der Waals surface area contributed by atoms with Crippen LogP contribution >= 0.6 is 0 Å². The molecule has 1 aromatic rings. The number of hydrogen-bond donors (Lipinski definition) is 1. The van der Waals surface area contributed by atoms with Gasteiger partial charge in [0.05, 0.1) is 6.04 Å². The van der Waals surface area contributed by atoms with Crippen molar-refractivity contribution in [3.8, 4) is 0 Å². The number of amides is 1. The summed E-state index contributed by atoms with van der Waals surface area (Å²) in [7, 11) is 0. The van der Waals surface area contributed by atoms with E-state index >= 15 is 0 Å². The molecule has 1 amide bonds. The van der Waals surface area contributed by atoms with Crippen molar-refractivity contribution in [1.29, 1.82) is 0 Å². The van der Waals surface area contributed by atoms with Crippen molar-refractivity contribution in [1.82, 2.24) is 10.2 Å². The molecular formula is C21H30N2O2. The molecule has 3 rings (SSSR count). The molecule has 1 atom stereocenters. The van der Waals surface area contributed by atoms with Crippen LogP contribution in [0.4, 0.5) is 0 Å². The van der Waals surface area contributed by atoms with Gasteiger partial charge in [-0.2, -0.15) is 0 Å². The highest BCUT2D eigenvalue weighted by atomic mass is 16.5. The lowest BCUT2D eigenvalue weighted by Gasteiger charge is -2.35. The van der Waals surface area contributed by atoms with Gasteiger partial charge in [-0.25, -0.2) is 0 Å². The van der Waals surface area contributed by atoms with Gasteiger partial charge in [0.15, 0.2) is 0 Å². The molecule has 1 saturated heterocycles. The molecule has 1 unspecified atom stereocenters. The van der Waals surface area contributed by atoms with Gasteiger partial charge in [0.25, 0.3) is 0 Å². The summed E-state index contributed by atoms with van der Waals surface area (Å²) in [5.41, 5.74) is 2.62. The molecule has 0 spiro atoms. The van der Waals surface area contributed by atoms with Crippen LogP contribution in [-0.4, -0.2) is 49.2 Å². The second-order valence-electron chi connectivity index (χ2n) is 7.40. The lowest BCUT2D eigenvalue weighted by atomic mass is 9.96. The quantitative estimate of drug-likeness (QED) is 0.894. The van der Waals surface area contributed by atoms with Gasteiger partial charge in [0.1, 0.15) is 0 Å². The Morgan fingerprint density at radius 1 is 1.20 bits per heavy atom. The van der Waals surface area contributed by atoms with Crippen molar-refractivity contribution in [3.05, 3.63) is 42.0 Å². The van der Waals surface area contributed by atoms with Gasteiger partial charge < -0.3 is 15.0 Å². The molecule has 0 bridgehead atoms. The molecule has 4 heteroatoms. The van der Waals surface area contributed by atoms with E-state index in [-0.39, 0.29) is 17.9 Å².